The monoisotopic (exact) mass is 306 g/mol. The lowest BCUT2D eigenvalue weighted by Crippen LogP contribution is -2.30. The smallest absolute Gasteiger partial charge is 0.0832 e. The molecule has 0 heterocycles. The van der Waals surface area contributed by atoms with Crippen molar-refractivity contribution in [1.82, 2.24) is 0 Å². The third kappa shape index (κ3) is 3.14. The Balaban J connectivity index is 1.76. The van der Waals surface area contributed by atoms with Crippen LogP contribution in [0.5, 0.6) is 0 Å². The van der Waals surface area contributed by atoms with Crippen LogP contribution in [0.15, 0.2) is 12.1 Å². The number of aliphatic hydroxyl groups is 1. The van der Waals surface area contributed by atoms with Gasteiger partial charge in [0.25, 0.3) is 0 Å². The summed E-state index contributed by atoms with van der Waals surface area (Å²) in [5.41, 5.74) is 3.37. The summed E-state index contributed by atoms with van der Waals surface area (Å²) in [5, 5.41) is 11.6. The summed E-state index contributed by atoms with van der Waals surface area (Å²) >= 11 is 6.39. The van der Waals surface area contributed by atoms with Gasteiger partial charge in [-0.25, -0.2) is 0 Å². The second kappa shape index (κ2) is 6.30. The zero-order valence-corrected chi connectivity index (χ0v) is 14.0. The Bertz CT molecular complexity index is 511. The number of hydrogen-bond donors (Lipinski definition) is 1. The molecule has 2 aliphatic carbocycles. The fourth-order valence-corrected chi connectivity index (χ4v) is 4.81. The molecule has 116 valence electrons. The summed E-state index contributed by atoms with van der Waals surface area (Å²) in [4.78, 5) is 0. The predicted molar refractivity (Wildman–Crippen MR) is 88.7 cm³/mol. The van der Waals surface area contributed by atoms with E-state index < -0.39 is 0 Å². The Kier molecular flexibility index (Phi) is 4.61. The topological polar surface area (TPSA) is 20.2 Å². The number of fused-ring (bicyclic) bond motifs is 1. The highest BCUT2D eigenvalue weighted by atomic mass is 35.5. The van der Waals surface area contributed by atoms with Gasteiger partial charge in [0, 0.05) is 5.02 Å². The fraction of sp³-hybridized carbons (Fsp3) is 0.684. The van der Waals surface area contributed by atoms with E-state index in [4.69, 9.17) is 11.6 Å². The van der Waals surface area contributed by atoms with Gasteiger partial charge in [0.1, 0.15) is 0 Å². The zero-order chi connectivity index (χ0) is 15.0. The van der Waals surface area contributed by atoms with Crippen LogP contribution in [0.3, 0.4) is 0 Å². The van der Waals surface area contributed by atoms with E-state index in [1.165, 1.54) is 49.7 Å². The van der Waals surface area contributed by atoms with Gasteiger partial charge in [0.05, 0.1) is 6.10 Å². The summed E-state index contributed by atoms with van der Waals surface area (Å²) in [5.74, 6) is 2.17. The van der Waals surface area contributed by atoms with Gasteiger partial charge in [-0.2, -0.15) is 0 Å². The zero-order valence-electron chi connectivity index (χ0n) is 13.2. The molecule has 0 bridgehead atoms. The van der Waals surface area contributed by atoms with E-state index in [-0.39, 0.29) is 6.10 Å². The van der Waals surface area contributed by atoms with Crippen molar-refractivity contribution in [3.05, 3.63) is 33.8 Å². The molecule has 1 nitrogen and oxygen atoms in total. The van der Waals surface area contributed by atoms with Crippen LogP contribution in [-0.4, -0.2) is 5.11 Å². The molecule has 4 atom stereocenters. The average molecular weight is 307 g/mol. The molecule has 1 aromatic rings. The minimum Gasteiger partial charge on any atom is -0.388 e. The highest BCUT2D eigenvalue weighted by Crippen LogP contribution is 2.47. The molecule has 1 aromatic carbocycles. The van der Waals surface area contributed by atoms with Crippen molar-refractivity contribution < 1.29 is 5.11 Å². The number of aliphatic hydroxyl groups excluding tert-OH is 1. The highest BCUT2D eigenvalue weighted by Gasteiger charge is 2.35. The van der Waals surface area contributed by atoms with Gasteiger partial charge in [-0.05, 0) is 73.6 Å². The number of halogens is 1. The predicted octanol–water partition coefficient (Wildman–Crippen LogP) is 5.60. The first-order valence-electron chi connectivity index (χ1n) is 8.51. The van der Waals surface area contributed by atoms with E-state index >= 15 is 0 Å². The Morgan fingerprint density at radius 3 is 2.43 bits per heavy atom. The molecule has 0 aromatic heterocycles. The summed E-state index contributed by atoms with van der Waals surface area (Å²) in [6.07, 6.45) is 8.84. The van der Waals surface area contributed by atoms with E-state index in [2.05, 4.69) is 19.9 Å². The van der Waals surface area contributed by atoms with Crippen LogP contribution in [-0.2, 0) is 0 Å². The van der Waals surface area contributed by atoms with Crippen LogP contribution in [0.2, 0.25) is 5.02 Å². The molecule has 3 rings (SSSR count). The Morgan fingerprint density at radius 2 is 1.67 bits per heavy atom. The lowest BCUT2D eigenvalue weighted by atomic mass is 9.66. The number of aryl methyl sites for hydroxylation is 2. The van der Waals surface area contributed by atoms with Gasteiger partial charge in [-0.15, -0.1) is 0 Å². The Hall–Kier alpha value is -0.530. The van der Waals surface area contributed by atoms with Crippen molar-refractivity contribution in [2.24, 2.45) is 17.8 Å². The van der Waals surface area contributed by atoms with E-state index in [1.807, 2.05) is 6.07 Å². The maximum Gasteiger partial charge on any atom is 0.0832 e. The number of benzene rings is 1. The highest BCUT2D eigenvalue weighted by molar-refractivity contribution is 6.31. The standard InChI is InChI=1S/C19H27ClO/c1-12-9-17(18(20)10-13(12)2)19(21)16-8-7-14-5-3-4-6-15(14)11-16/h9-10,14-16,19,21H,3-8,11H2,1-2H3. The summed E-state index contributed by atoms with van der Waals surface area (Å²) < 4.78 is 0. The first kappa shape index (κ1) is 15.4. The molecule has 0 spiro atoms. The molecule has 2 aliphatic rings. The Labute approximate surface area is 133 Å². The molecule has 2 fully saturated rings. The molecule has 2 saturated carbocycles. The number of rotatable bonds is 2. The van der Waals surface area contributed by atoms with Gasteiger partial charge in [-0.3, -0.25) is 0 Å². The van der Waals surface area contributed by atoms with Crippen molar-refractivity contribution >= 4 is 11.6 Å². The molecule has 1 N–H and O–H groups in total. The van der Waals surface area contributed by atoms with Crippen molar-refractivity contribution in [3.8, 4) is 0 Å². The van der Waals surface area contributed by atoms with Crippen molar-refractivity contribution in [2.75, 3.05) is 0 Å². The van der Waals surface area contributed by atoms with Gasteiger partial charge in [0.2, 0.25) is 0 Å². The Morgan fingerprint density at radius 1 is 1.00 bits per heavy atom. The second-order valence-electron chi connectivity index (χ2n) is 7.28. The van der Waals surface area contributed by atoms with E-state index in [9.17, 15) is 5.11 Å². The normalized spacial score (nSPS) is 30.8. The van der Waals surface area contributed by atoms with Gasteiger partial charge in [-0.1, -0.05) is 43.4 Å². The van der Waals surface area contributed by atoms with Crippen LogP contribution in [0, 0.1) is 31.6 Å². The van der Waals surface area contributed by atoms with E-state index in [1.54, 1.807) is 0 Å². The first-order chi connectivity index (χ1) is 10.1. The quantitative estimate of drug-likeness (QED) is 0.754. The van der Waals surface area contributed by atoms with Crippen LogP contribution in [0.4, 0.5) is 0 Å². The molecule has 2 heteroatoms. The minimum atomic E-state index is -0.389. The van der Waals surface area contributed by atoms with Crippen molar-refractivity contribution in [2.45, 2.75) is 64.9 Å². The van der Waals surface area contributed by atoms with E-state index in [0.717, 1.165) is 28.8 Å². The third-order valence-electron chi connectivity index (χ3n) is 5.96. The van der Waals surface area contributed by atoms with Crippen molar-refractivity contribution in [1.29, 1.82) is 0 Å². The lowest BCUT2D eigenvalue weighted by Gasteiger charge is -2.41. The third-order valence-corrected chi connectivity index (χ3v) is 6.29. The molecule has 21 heavy (non-hydrogen) atoms. The van der Waals surface area contributed by atoms with Crippen molar-refractivity contribution in [3.63, 3.8) is 0 Å². The van der Waals surface area contributed by atoms with Gasteiger partial charge >= 0.3 is 0 Å². The molecule has 4 unspecified atom stereocenters. The molecular formula is C19H27ClO. The molecule has 0 amide bonds. The summed E-state index contributed by atoms with van der Waals surface area (Å²) in [6.45, 7) is 4.17. The number of hydrogen-bond acceptors (Lipinski definition) is 1. The maximum atomic E-state index is 10.8. The van der Waals surface area contributed by atoms with Gasteiger partial charge < -0.3 is 5.11 Å². The molecule has 0 radical (unpaired) electrons. The molecular weight excluding hydrogens is 280 g/mol. The minimum absolute atomic E-state index is 0.389. The summed E-state index contributed by atoms with van der Waals surface area (Å²) in [6, 6.07) is 4.09. The van der Waals surface area contributed by atoms with Crippen LogP contribution in [0.1, 0.15) is 67.7 Å². The SMILES string of the molecule is Cc1cc(Cl)c(C(O)C2CCC3CCCCC3C2)cc1C. The van der Waals surface area contributed by atoms with Crippen LogP contribution in [0.25, 0.3) is 0 Å². The average Bonchev–Trinajstić information content (AvgIpc) is 2.50. The maximum absolute atomic E-state index is 10.8. The summed E-state index contributed by atoms with van der Waals surface area (Å²) in [7, 11) is 0. The molecule has 0 aliphatic heterocycles. The fourth-order valence-electron chi connectivity index (χ4n) is 4.48. The van der Waals surface area contributed by atoms with Crippen LogP contribution < -0.4 is 0 Å². The molecule has 0 saturated heterocycles. The first-order valence-corrected chi connectivity index (χ1v) is 8.88. The van der Waals surface area contributed by atoms with Gasteiger partial charge in [0.15, 0.2) is 0 Å². The second-order valence-corrected chi connectivity index (χ2v) is 7.69. The van der Waals surface area contributed by atoms with Crippen LogP contribution >= 0.6 is 11.6 Å². The largest absolute Gasteiger partial charge is 0.388 e. The lowest BCUT2D eigenvalue weighted by molar-refractivity contribution is 0.0349. The van der Waals surface area contributed by atoms with E-state index in [0.29, 0.717) is 5.92 Å².